The van der Waals surface area contributed by atoms with Crippen molar-refractivity contribution in [1.29, 1.82) is 0 Å². The van der Waals surface area contributed by atoms with E-state index < -0.39 is 0 Å². The van der Waals surface area contributed by atoms with Crippen LogP contribution in [-0.4, -0.2) is 29.4 Å². The minimum Gasteiger partial charge on any atom is -0.340 e. The first kappa shape index (κ1) is 7.80. The van der Waals surface area contributed by atoms with Crippen LogP contribution in [-0.2, 0) is 4.79 Å². The molecule has 3 fully saturated rings. The van der Waals surface area contributed by atoms with Gasteiger partial charge in [-0.2, -0.15) is 0 Å². The molecule has 2 atom stereocenters. The van der Waals surface area contributed by atoms with Gasteiger partial charge in [0.15, 0.2) is 0 Å². The molecule has 2 saturated carbocycles. The molecular formula is C10H16N2O. The van der Waals surface area contributed by atoms with Gasteiger partial charge < -0.3 is 10.6 Å². The van der Waals surface area contributed by atoms with Crippen molar-refractivity contribution in [1.82, 2.24) is 4.90 Å². The number of amides is 1. The Kier molecular flexibility index (Phi) is 1.36. The first-order chi connectivity index (χ1) is 6.19. The maximum absolute atomic E-state index is 11.7. The average molecular weight is 180 g/mol. The number of hydrogen-bond donors (Lipinski definition) is 1. The molecule has 0 aromatic rings. The summed E-state index contributed by atoms with van der Waals surface area (Å²) in [4.78, 5) is 13.7. The van der Waals surface area contributed by atoms with Gasteiger partial charge in [-0.25, -0.2) is 0 Å². The van der Waals surface area contributed by atoms with Gasteiger partial charge in [-0.05, 0) is 31.6 Å². The van der Waals surface area contributed by atoms with E-state index in [-0.39, 0.29) is 5.54 Å². The van der Waals surface area contributed by atoms with Crippen LogP contribution in [0.1, 0.15) is 25.7 Å². The number of likely N-dealkylation sites (tertiary alicyclic amines) is 1. The van der Waals surface area contributed by atoms with Crippen molar-refractivity contribution in [3.63, 3.8) is 0 Å². The number of nitrogens with two attached hydrogens (primary N) is 1. The predicted molar refractivity (Wildman–Crippen MR) is 48.9 cm³/mol. The second-order valence-electron chi connectivity index (χ2n) is 4.96. The lowest BCUT2D eigenvalue weighted by Crippen LogP contribution is -2.54. The lowest BCUT2D eigenvalue weighted by atomic mass is 9.70. The molecule has 2 aliphatic carbocycles. The molecule has 3 heteroatoms. The van der Waals surface area contributed by atoms with Gasteiger partial charge in [-0.1, -0.05) is 0 Å². The molecule has 0 bridgehead atoms. The molecule has 1 saturated heterocycles. The van der Waals surface area contributed by atoms with E-state index in [0.717, 1.165) is 32.4 Å². The van der Waals surface area contributed by atoms with Gasteiger partial charge in [0.25, 0.3) is 0 Å². The molecule has 13 heavy (non-hydrogen) atoms. The Morgan fingerprint density at radius 1 is 1.38 bits per heavy atom. The second kappa shape index (κ2) is 2.27. The third-order valence-corrected chi connectivity index (χ3v) is 3.94. The molecule has 1 amide bonds. The largest absolute Gasteiger partial charge is 0.340 e. The zero-order valence-electron chi connectivity index (χ0n) is 7.83. The fourth-order valence-electron chi connectivity index (χ4n) is 2.64. The quantitative estimate of drug-likeness (QED) is 0.632. The summed E-state index contributed by atoms with van der Waals surface area (Å²) in [6.07, 6.45) is 4.56. The van der Waals surface area contributed by atoms with Crippen molar-refractivity contribution in [2.24, 2.45) is 17.6 Å². The fourth-order valence-corrected chi connectivity index (χ4v) is 2.64. The van der Waals surface area contributed by atoms with Gasteiger partial charge in [0, 0.05) is 24.5 Å². The van der Waals surface area contributed by atoms with E-state index in [2.05, 4.69) is 0 Å². The lowest BCUT2D eigenvalue weighted by molar-refractivity contribution is -0.131. The van der Waals surface area contributed by atoms with Crippen LogP contribution in [0.2, 0.25) is 0 Å². The summed E-state index contributed by atoms with van der Waals surface area (Å²) in [6.45, 7) is 1.76. The van der Waals surface area contributed by atoms with Crippen molar-refractivity contribution in [3.05, 3.63) is 0 Å². The molecule has 3 rings (SSSR count). The van der Waals surface area contributed by atoms with Gasteiger partial charge in [0.2, 0.25) is 5.91 Å². The Balaban J connectivity index is 1.71. The van der Waals surface area contributed by atoms with E-state index >= 15 is 0 Å². The molecule has 1 aliphatic heterocycles. The average Bonchev–Trinajstić information content (AvgIpc) is 2.88. The Morgan fingerprint density at radius 2 is 2.15 bits per heavy atom. The normalized spacial score (nSPS) is 42.8. The molecule has 0 aromatic carbocycles. The summed E-state index contributed by atoms with van der Waals surface area (Å²) in [5, 5.41) is 0. The number of nitrogens with zero attached hydrogens (tertiary/aromatic N) is 1. The minimum atomic E-state index is 0.00451. The Bertz CT molecular complexity index is 262. The molecular weight excluding hydrogens is 164 g/mol. The zero-order chi connectivity index (χ0) is 9.05. The van der Waals surface area contributed by atoms with Gasteiger partial charge in [-0.3, -0.25) is 4.79 Å². The molecule has 3 nitrogen and oxygen atoms in total. The van der Waals surface area contributed by atoms with E-state index in [0.29, 0.717) is 17.7 Å². The monoisotopic (exact) mass is 180 g/mol. The molecule has 2 N–H and O–H groups in total. The van der Waals surface area contributed by atoms with Crippen molar-refractivity contribution in [2.45, 2.75) is 31.2 Å². The summed E-state index contributed by atoms with van der Waals surface area (Å²) in [5.41, 5.74) is 6.17. The van der Waals surface area contributed by atoms with Crippen LogP contribution in [0.3, 0.4) is 0 Å². The van der Waals surface area contributed by atoms with Crippen molar-refractivity contribution in [2.75, 3.05) is 13.1 Å². The molecule has 0 spiro atoms. The Labute approximate surface area is 78.3 Å². The molecule has 3 aliphatic rings. The molecule has 0 radical (unpaired) electrons. The van der Waals surface area contributed by atoms with Gasteiger partial charge in [0.05, 0.1) is 0 Å². The van der Waals surface area contributed by atoms with Crippen molar-refractivity contribution in [3.8, 4) is 0 Å². The summed E-state index contributed by atoms with van der Waals surface area (Å²) in [7, 11) is 0. The molecule has 72 valence electrons. The molecule has 0 aromatic heterocycles. The smallest absolute Gasteiger partial charge is 0.225 e. The maximum Gasteiger partial charge on any atom is 0.225 e. The standard InChI is InChI=1S/C10H16N2O/c11-10-4-3-8(10)5-12(6-10)9(13)7-1-2-7/h7-8H,1-6,11H2. The summed E-state index contributed by atoms with van der Waals surface area (Å²) in [6, 6.07) is 0. The first-order valence-corrected chi connectivity index (χ1v) is 5.27. The highest BCUT2D eigenvalue weighted by atomic mass is 16.2. The Morgan fingerprint density at radius 3 is 2.54 bits per heavy atom. The maximum atomic E-state index is 11.7. The van der Waals surface area contributed by atoms with E-state index in [1.165, 1.54) is 6.42 Å². The van der Waals surface area contributed by atoms with E-state index in [1.807, 2.05) is 4.90 Å². The van der Waals surface area contributed by atoms with Crippen molar-refractivity contribution >= 4 is 5.91 Å². The van der Waals surface area contributed by atoms with Crippen LogP contribution in [0, 0.1) is 11.8 Å². The Hall–Kier alpha value is -0.570. The van der Waals surface area contributed by atoms with Gasteiger partial charge >= 0.3 is 0 Å². The van der Waals surface area contributed by atoms with Crippen LogP contribution in [0.5, 0.6) is 0 Å². The highest BCUT2D eigenvalue weighted by Gasteiger charge is 2.52. The fraction of sp³-hybridized carbons (Fsp3) is 0.900. The number of carbonyl (C=O) groups excluding carboxylic acids is 1. The predicted octanol–water partition coefficient (Wildman–Crippen LogP) is 0.346. The van der Waals surface area contributed by atoms with Crippen molar-refractivity contribution < 1.29 is 4.79 Å². The highest BCUT2D eigenvalue weighted by Crippen LogP contribution is 2.44. The third kappa shape index (κ3) is 1.03. The summed E-state index contributed by atoms with van der Waals surface area (Å²) in [5.74, 6) is 1.34. The summed E-state index contributed by atoms with van der Waals surface area (Å²) >= 11 is 0. The van der Waals surface area contributed by atoms with Gasteiger partial charge in [0.1, 0.15) is 0 Å². The number of rotatable bonds is 1. The van der Waals surface area contributed by atoms with Crippen LogP contribution >= 0.6 is 0 Å². The van der Waals surface area contributed by atoms with Gasteiger partial charge in [-0.15, -0.1) is 0 Å². The van der Waals surface area contributed by atoms with Crippen LogP contribution < -0.4 is 5.73 Å². The SMILES string of the molecule is NC12CCC1CN(C(=O)C1CC1)C2. The molecule has 1 heterocycles. The number of fused-ring (bicyclic) bond motifs is 1. The summed E-state index contributed by atoms with van der Waals surface area (Å²) < 4.78 is 0. The van der Waals surface area contributed by atoms with Crippen LogP contribution in [0.15, 0.2) is 0 Å². The highest BCUT2D eigenvalue weighted by molar-refractivity contribution is 5.81. The van der Waals surface area contributed by atoms with E-state index in [9.17, 15) is 4.79 Å². The molecule has 2 unspecified atom stereocenters. The number of hydrogen-bond acceptors (Lipinski definition) is 2. The number of carbonyl (C=O) groups is 1. The van der Waals surface area contributed by atoms with Crippen LogP contribution in [0.4, 0.5) is 0 Å². The first-order valence-electron chi connectivity index (χ1n) is 5.27. The topological polar surface area (TPSA) is 46.3 Å². The minimum absolute atomic E-state index is 0.00451. The zero-order valence-corrected chi connectivity index (χ0v) is 7.83. The van der Waals surface area contributed by atoms with Crippen LogP contribution in [0.25, 0.3) is 0 Å². The third-order valence-electron chi connectivity index (χ3n) is 3.94. The van der Waals surface area contributed by atoms with E-state index in [1.54, 1.807) is 0 Å². The van der Waals surface area contributed by atoms with E-state index in [4.69, 9.17) is 5.73 Å². The lowest BCUT2D eigenvalue weighted by Gasteiger charge is -2.39. The second-order valence-corrected chi connectivity index (χ2v) is 4.96.